The van der Waals surface area contributed by atoms with Crippen molar-refractivity contribution in [2.24, 2.45) is 5.92 Å². The van der Waals surface area contributed by atoms with Crippen molar-refractivity contribution >= 4 is 27.2 Å². The Morgan fingerprint density at radius 1 is 1.19 bits per heavy atom. The van der Waals surface area contributed by atoms with Crippen LogP contribution in [0.5, 0.6) is 0 Å². The molecule has 1 aromatic carbocycles. The number of amides is 1. The summed E-state index contributed by atoms with van der Waals surface area (Å²) in [6, 6.07) is 7.04. The number of anilines is 1. The van der Waals surface area contributed by atoms with Gasteiger partial charge < -0.3 is 5.32 Å². The fraction of sp³-hybridized carbons (Fsp3) is 0.364. The third-order valence-electron chi connectivity index (χ3n) is 4.50. The maximum absolute atomic E-state index is 13.1. The number of hydrogen-bond donors (Lipinski definition) is 2. The quantitative estimate of drug-likeness (QED) is 0.564. The number of benzene rings is 1. The van der Waals surface area contributed by atoms with Crippen LogP contribution in [0.2, 0.25) is 0 Å². The summed E-state index contributed by atoms with van der Waals surface area (Å²) in [6.07, 6.45) is -3.26. The molecule has 2 rings (SSSR count). The monoisotopic (exact) mass is 469 g/mol. The second-order valence-corrected chi connectivity index (χ2v) is 9.72. The van der Waals surface area contributed by atoms with Crippen LogP contribution in [0.25, 0.3) is 5.57 Å². The van der Waals surface area contributed by atoms with Gasteiger partial charge >= 0.3 is 6.18 Å². The van der Waals surface area contributed by atoms with Crippen molar-refractivity contribution in [1.82, 2.24) is 10.3 Å². The summed E-state index contributed by atoms with van der Waals surface area (Å²) >= 11 is 0. The SMILES string of the molecule is C=C(C(=O)NCc1ccc(NS(C)(=O)=O)c(C)c1)c1ccc(C(F)(F)F)nc1CC(C)C. The van der Waals surface area contributed by atoms with Crippen molar-refractivity contribution in [2.75, 3.05) is 11.0 Å². The van der Waals surface area contributed by atoms with E-state index in [1.807, 2.05) is 13.8 Å². The van der Waals surface area contributed by atoms with Crippen molar-refractivity contribution in [1.29, 1.82) is 0 Å². The van der Waals surface area contributed by atoms with Gasteiger partial charge in [-0.2, -0.15) is 13.2 Å². The summed E-state index contributed by atoms with van der Waals surface area (Å²) in [5.41, 5.74) is 1.27. The Hall–Kier alpha value is -2.88. The lowest BCUT2D eigenvalue weighted by molar-refractivity contribution is -0.141. The van der Waals surface area contributed by atoms with Crippen LogP contribution < -0.4 is 10.0 Å². The molecule has 1 aromatic heterocycles. The standard InChI is InChI=1S/C22H26F3N3O3S/c1-13(2)10-19-17(7-9-20(27-19)22(23,24)25)15(4)21(29)26-12-16-6-8-18(14(3)11-16)28-32(5,30)31/h6-9,11,13,28H,4,10,12H2,1-3,5H3,(H,26,29). The molecule has 1 amide bonds. The number of pyridine rings is 1. The highest BCUT2D eigenvalue weighted by Gasteiger charge is 2.33. The molecule has 10 heteroatoms. The Labute approximate surface area is 186 Å². The number of rotatable bonds is 8. The van der Waals surface area contributed by atoms with Gasteiger partial charge in [0.05, 0.1) is 11.9 Å². The van der Waals surface area contributed by atoms with E-state index in [1.165, 1.54) is 6.07 Å². The van der Waals surface area contributed by atoms with Crippen molar-refractivity contribution < 1.29 is 26.4 Å². The zero-order chi connectivity index (χ0) is 24.3. The van der Waals surface area contributed by atoms with Gasteiger partial charge in [0.2, 0.25) is 10.0 Å². The van der Waals surface area contributed by atoms with Crippen LogP contribution in [0, 0.1) is 12.8 Å². The summed E-state index contributed by atoms with van der Waals surface area (Å²) in [7, 11) is -3.41. The smallest absolute Gasteiger partial charge is 0.348 e. The number of carbonyl (C=O) groups is 1. The maximum atomic E-state index is 13.1. The molecule has 0 atom stereocenters. The average Bonchev–Trinajstić information content (AvgIpc) is 2.65. The van der Waals surface area contributed by atoms with Crippen LogP contribution in [0.1, 0.15) is 41.9 Å². The van der Waals surface area contributed by atoms with Gasteiger partial charge in [-0.1, -0.05) is 38.6 Å². The Kier molecular flexibility index (Phi) is 7.71. The lowest BCUT2D eigenvalue weighted by Gasteiger charge is -2.16. The predicted octanol–water partition coefficient (Wildman–Crippen LogP) is 4.31. The van der Waals surface area contributed by atoms with E-state index >= 15 is 0 Å². The fourth-order valence-corrected chi connectivity index (χ4v) is 3.67. The molecule has 174 valence electrons. The van der Waals surface area contributed by atoms with E-state index in [4.69, 9.17) is 0 Å². The molecule has 0 fully saturated rings. The first-order valence-corrected chi connectivity index (χ1v) is 11.7. The number of halogens is 3. The normalized spacial score (nSPS) is 12.0. The molecular formula is C22H26F3N3O3S. The predicted molar refractivity (Wildman–Crippen MR) is 118 cm³/mol. The summed E-state index contributed by atoms with van der Waals surface area (Å²) in [5, 5.41) is 2.69. The van der Waals surface area contributed by atoms with E-state index in [-0.39, 0.29) is 35.7 Å². The molecule has 0 radical (unpaired) electrons. The molecule has 0 spiro atoms. The molecule has 0 aliphatic heterocycles. The number of nitrogens with one attached hydrogen (secondary N) is 2. The van der Waals surface area contributed by atoms with Gasteiger partial charge in [0, 0.05) is 23.4 Å². The molecule has 0 bridgehead atoms. The molecule has 0 unspecified atom stereocenters. The van der Waals surface area contributed by atoms with Crippen molar-refractivity contribution in [3.05, 3.63) is 65.0 Å². The van der Waals surface area contributed by atoms with E-state index in [0.717, 1.165) is 17.9 Å². The first kappa shape index (κ1) is 25.4. The topological polar surface area (TPSA) is 88.2 Å². The highest BCUT2D eigenvalue weighted by molar-refractivity contribution is 7.92. The first-order valence-electron chi connectivity index (χ1n) is 9.79. The van der Waals surface area contributed by atoms with E-state index < -0.39 is 27.8 Å². The number of carbonyl (C=O) groups excluding carboxylic acids is 1. The van der Waals surface area contributed by atoms with E-state index in [1.54, 1.807) is 25.1 Å². The molecule has 0 aliphatic carbocycles. The van der Waals surface area contributed by atoms with Crippen LogP contribution in [0.15, 0.2) is 36.9 Å². The molecule has 32 heavy (non-hydrogen) atoms. The van der Waals surface area contributed by atoms with E-state index in [0.29, 0.717) is 11.3 Å². The number of hydrogen-bond acceptors (Lipinski definition) is 4. The first-order chi connectivity index (χ1) is 14.7. The van der Waals surface area contributed by atoms with Crippen molar-refractivity contribution in [3.63, 3.8) is 0 Å². The minimum atomic E-state index is -4.58. The highest BCUT2D eigenvalue weighted by Crippen LogP contribution is 2.30. The molecular weight excluding hydrogens is 443 g/mol. The third-order valence-corrected chi connectivity index (χ3v) is 5.10. The second kappa shape index (κ2) is 9.72. The second-order valence-electron chi connectivity index (χ2n) is 7.97. The zero-order valence-corrected chi connectivity index (χ0v) is 19.1. The number of alkyl halides is 3. The Balaban J connectivity index is 2.17. The molecule has 2 aromatic rings. The summed E-state index contributed by atoms with van der Waals surface area (Å²) in [5.74, 6) is -0.504. The summed E-state index contributed by atoms with van der Waals surface area (Å²) in [4.78, 5) is 16.4. The molecule has 1 heterocycles. The number of nitrogens with zero attached hydrogens (tertiary/aromatic N) is 1. The van der Waals surface area contributed by atoms with Gasteiger partial charge in [0.15, 0.2) is 0 Å². The molecule has 2 N–H and O–H groups in total. The average molecular weight is 470 g/mol. The van der Waals surface area contributed by atoms with Gasteiger partial charge in [0.25, 0.3) is 5.91 Å². The molecule has 0 saturated heterocycles. The van der Waals surface area contributed by atoms with Gasteiger partial charge in [0.1, 0.15) is 5.69 Å². The van der Waals surface area contributed by atoms with Gasteiger partial charge in [-0.3, -0.25) is 9.52 Å². The highest BCUT2D eigenvalue weighted by atomic mass is 32.2. The number of sulfonamides is 1. The Morgan fingerprint density at radius 3 is 2.38 bits per heavy atom. The van der Waals surface area contributed by atoms with Crippen molar-refractivity contribution in [3.8, 4) is 0 Å². The summed E-state index contributed by atoms with van der Waals surface area (Å²) < 4.78 is 64.3. The van der Waals surface area contributed by atoms with Crippen LogP contribution in [-0.4, -0.2) is 25.6 Å². The van der Waals surface area contributed by atoms with Crippen LogP contribution in [0.3, 0.4) is 0 Å². The van der Waals surface area contributed by atoms with Gasteiger partial charge in [-0.15, -0.1) is 0 Å². The van der Waals surface area contributed by atoms with Crippen LogP contribution >= 0.6 is 0 Å². The third kappa shape index (κ3) is 7.08. The van der Waals surface area contributed by atoms with Crippen LogP contribution in [0.4, 0.5) is 18.9 Å². The maximum Gasteiger partial charge on any atom is 0.433 e. The van der Waals surface area contributed by atoms with Gasteiger partial charge in [-0.25, -0.2) is 13.4 Å². The van der Waals surface area contributed by atoms with Crippen LogP contribution in [-0.2, 0) is 34.0 Å². The number of aryl methyl sites for hydroxylation is 1. The Morgan fingerprint density at radius 2 is 1.84 bits per heavy atom. The molecule has 0 saturated carbocycles. The largest absolute Gasteiger partial charge is 0.433 e. The molecule has 6 nitrogen and oxygen atoms in total. The zero-order valence-electron chi connectivity index (χ0n) is 18.3. The molecule has 0 aliphatic rings. The summed E-state index contributed by atoms with van der Waals surface area (Å²) in [6.45, 7) is 9.31. The number of aromatic nitrogens is 1. The lowest BCUT2D eigenvalue weighted by atomic mass is 9.97. The minimum absolute atomic E-state index is 0.0222. The van der Waals surface area contributed by atoms with Gasteiger partial charge in [-0.05, 0) is 42.5 Å². The van der Waals surface area contributed by atoms with Crippen molar-refractivity contribution in [2.45, 2.75) is 39.9 Å². The van der Waals surface area contributed by atoms with E-state index in [2.05, 4.69) is 21.6 Å². The minimum Gasteiger partial charge on any atom is -0.348 e. The fourth-order valence-electron chi connectivity index (χ4n) is 3.04. The van der Waals surface area contributed by atoms with E-state index in [9.17, 15) is 26.4 Å². The Bertz CT molecular complexity index is 1130. The lowest BCUT2D eigenvalue weighted by Crippen LogP contribution is -2.24.